The molecule has 4 nitrogen and oxygen atoms in total. The number of alkyl halides is 3. The summed E-state index contributed by atoms with van der Waals surface area (Å²) < 4.78 is 53.3. The molecule has 1 saturated carbocycles. The molecule has 1 fully saturated rings. The number of hydrogen-bond acceptors (Lipinski definition) is 4. The molecule has 0 aromatic heterocycles. The van der Waals surface area contributed by atoms with E-state index in [0.29, 0.717) is 5.71 Å². The molecule has 8 heteroatoms. The molecular weight excluding hydrogens is 281 g/mol. The van der Waals surface area contributed by atoms with Crippen LogP contribution >= 0.6 is 0 Å². The third-order valence-corrected chi connectivity index (χ3v) is 4.90. The van der Waals surface area contributed by atoms with Crippen LogP contribution in [0.1, 0.15) is 46.5 Å². The van der Waals surface area contributed by atoms with Gasteiger partial charge in [-0.2, -0.15) is 13.2 Å². The summed E-state index contributed by atoms with van der Waals surface area (Å²) in [6, 6.07) is 0. The Morgan fingerprint density at radius 2 is 1.74 bits per heavy atom. The first-order valence-electron chi connectivity index (χ1n) is 5.98. The molecule has 112 valence electrons. The van der Waals surface area contributed by atoms with Gasteiger partial charge in [-0.3, -0.25) is 0 Å². The molecule has 0 heterocycles. The quantitative estimate of drug-likeness (QED) is 0.468. The van der Waals surface area contributed by atoms with Crippen LogP contribution in [0.2, 0.25) is 0 Å². The summed E-state index contributed by atoms with van der Waals surface area (Å²) in [6.07, 6.45) is -4.93. The fourth-order valence-electron chi connectivity index (χ4n) is 1.84. The van der Waals surface area contributed by atoms with Gasteiger partial charge in [-0.25, -0.2) is 0 Å². The third-order valence-electron chi connectivity index (χ3n) is 3.21. The lowest BCUT2D eigenvalue weighted by molar-refractivity contribution is -0.195. The van der Waals surface area contributed by atoms with E-state index in [1.807, 2.05) is 0 Å². The van der Waals surface area contributed by atoms with E-state index in [2.05, 4.69) is 9.88 Å². The van der Waals surface area contributed by atoms with E-state index in [1.165, 1.54) is 0 Å². The molecule has 1 atom stereocenters. The highest BCUT2D eigenvalue weighted by Crippen LogP contribution is 2.42. The molecule has 0 saturated heterocycles. The highest BCUT2D eigenvalue weighted by Gasteiger charge is 2.59. The molecule has 1 aliphatic carbocycles. The van der Waals surface area contributed by atoms with E-state index >= 15 is 0 Å². The molecule has 2 N–H and O–H groups in total. The third kappa shape index (κ3) is 3.76. The number of oxime groups is 1. The minimum Gasteiger partial charge on any atom is -0.598 e. The average molecular weight is 300 g/mol. The Balaban J connectivity index is 2.91. The number of hydrogen-bond donors (Lipinski definition) is 2. The summed E-state index contributed by atoms with van der Waals surface area (Å²) in [5.74, 6) is 0. The fraction of sp³-hybridized carbons (Fsp3) is 0.909. The number of rotatable bonds is 2. The zero-order valence-corrected chi connectivity index (χ0v) is 12.0. The Bertz CT molecular complexity index is 343. The minimum absolute atomic E-state index is 0.0460. The predicted octanol–water partition coefficient (Wildman–Crippen LogP) is 2.74. The van der Waals surface area contributed by atoms with Gasteiger partial charge in [-0.05, 0) is 46.5 Å². The van der Waals surface area contributed by atoms with Crippen LogP contribution in [0.5, 0.6) is 0 Å². The smallest absolute Gasteiger partial charge is 0.410 e. The minimum atomic E-state index is -4.49. The van der Waals surface area contributed by atoms with Crippen molar-refractivity contribution in [1.29, 1.82) is 0 Å². The largest absolute Gasteiger partial charge is 0.598 e. The van der Waals surface area contributed by atoms with Crippen molar-refractivity contribution in [2.24, 2.45) is 5.16 Å². The van der Waals surface area contributed by atoms with Gasteiger partial charge in [0.2, 0.25) is 0 Å². The van der Waals surface area contributed by atoms with E-state index in [1.54, 1.807) is 20.8 Å². The van der Waals surface area contributed by atoms with Crippen molar-refractivity contribution in [2.45, 2.75) is 62.9 Å². The van der Waals surface area contributed by atoms with Crippen molar-refractivity contribution in [1.82, 2.24) is 4.72 Å². The second-order valence-corrected chi connectivity index (χ2v) is 7.70. The van der Waals surface area contributed by atoms with Gasteiger partial charge in [-0.1, -0.05) is 5.16 Å². The molecule has 0 aliphatic heterocycles. The molecule has 0 radical (unpaired) electrons. The van der Waals surface area contributed by atoms with Gasteiger partial charge >= 0.3 is 6.18 Å². The van der Waals surface area contributed by atoms with Crippen molar-refractivity contribution in [3.05, 3.63) is 0 Å². The van der Waals surface area contributed by atoms with Crippen LogP contribution in [0, 0.1) is 0 Å². The van der Waals surface area contributed by atoms with Crippen LogP contribution in [-0.2, 0) is 11.4 Å². The Morgan fingerprint density at radius 1 is 1.26 bits per heavy atom. The van der Waals surface area contributed by atoms with Crippen molar-refractivity contribution >= 4 is 17.1 Å². The van der Waals surface area contributed by atoms with E-state index in [9.17, 15) is 17.7 Å². The van der Waals surface area contributed by atoms with Crippen molar-refractivity contribution in [2.75, 3.05) is 0 Å². The second-order valence-electron chi connectivity index (χ2n) is 5.73. The monoisotopic (exact) mass is 300 g/mol. The van der Waals surface area contributed by atoms with Crippen LogP contribution in [0.3, 0.4) is 0 Å². The van der Waals surface area contributed by atoms with Gasteiger partial charge in [0.05, 0.1) is 5.71 Å². The van der Waals surface area contributed by atoms with Gasteiger partial charge < -0.3 is 9.76 Å². The number of nitrogens with one attached hydrogen (secondary N) is 1. The standard InChI is InChI=1S/C11H19F3N2O2S/c1-9(2,3)19(18)16-10(11(12,13)14)6-4-8(15-17)5-7-10/h16-17H,4-7H2,1-3H3. The SMILES string of the molecule is CC(C)(C)[S+]([O-])NC1(C(F)(F)F)CCC(=NO)CC1. The summed E-state index contributed by atoms with van der Waals surface area (Å²) in [4.78, 5) is 0. The summed E-state index contributed by atoms with van der Waals surface area (Å²) >= 11 is -1.81. The molecule has 19 heavy (non-hydrogen) atoms. The Labute approximate surface area is 113 Å². The maximum atomic E-state index is 13.3. The Hall–Kier alpha value is -0.470. The van der Waals surface area contributed by atoms with Gasteiger partial charge in [-0.15, -0.1) is 4.72 Å². The molecule has 0 aromatic rings. The Kier molecular flexibility index (Phi) is 4.79. The van der Waals surface area contributed by atoms with Crippen LogP contribution in [0.25, 0.3) is 0 Å². The molecule has 0 amide bonds. The van der Waals surface area contributed by atoms with Crippen LogP contribution in [-0.4, -0.2) is 31.9 Å². The van der Waals surface area contributed by atoms with Crippen LogP contribution in [0.15, 0.2) is 5.16 Å². The van der Waals surface area contributed by atoms with Crippen molar-refractivity contribution in [3.63, 3.8) is 0 Å². The average Bonchev–Trinajstić information content (AvgIpc) is 2.27. The summed E-state index contributed by atoms with van der Waals surface area (Å²) in [5, 5.41) is 11.6. The highest BCUT2D eigenvalue weighted by atomic mass is 32.2. The first-order chi connectivity index (χ1) is 8.52. The predicted molar refractivity (Wildman–Crippen MR) is 67.5 cm³/mol. The van der Waals surface area contributed by atoms with Gasteiger partial charge in [0, 0.05) is 11.4 Å². The molecule has 0 bridgehead atoms. The lowest BCUT2D eigenvalue weighted by Gasteiger charge is -2.40. The van der Waals surface area contributed by atoms with Gasteiger partial charge in [0.1, 0.15) is 4.75 Å². The highest BCUT2D eigenvalue weighted by molar-refractivity contribution is 7.90. The van der Waals surface area contributed by atoms with Gasteiger partial charge in [0.25, 0.3) is 0 Å². The first-order valence-corrected chi connectivity index (χ1v) is 7.13. The number of halogens is 3. The van der Waals surface area contributed by atoms with Crippen molar-refractivity contribution < 1.29 is 22.9 Å². The fourth-order valence-corrected chi connectivity index (χ4v) is 2.82. The zero-order valence-electron chi connectivity index (χ0n) is 11.2. The first kappa shape index (κ1) is 16.6. The zero-order chi connectivity index (χ0) is 14.9. The second kappa shape index (κ2) is 5.49. The molecule has 0 spiro atoms. The molecule has 1 unspecified atom stereocenters. The molecular formula is C11H19F3N2O2S. The van der Waals surface area contributed by atoms with E-state index < -0.39 is 27.8 Å². The Morgan fingerprint density at radius 3 is 2.05 bits per heavy atom. The van der Waals surface area contributed by atoms with E-state index in [-0.39, 0.29) is 25.7 Å². The topological polar surface area (TPSA) is 67.7 Å². The van der Waals surface area contributed by atoms with Crippen molar-refractivity contribution in [3.8, 4) is 0 Å². The maximum absolute atomic E-state index is 13.3. The number of nitrogens with zero attached hydrogens (tertiary/aromatic N) is 1. The van der Waals surface area contributed by atoms with Crippen LogP contribution < -0.4 is 4.72 Å². The van der Waals surface area contributed by atoms with Gasteiger partial charge in [0.15, 0.2) is 5.54 Å². The van der Waals surface area contributed by atoms with E-state index in [4.69, 9.17) is 5.21 Å². The lowest BCUT2D eigenvalue weighted by Crippen LogP contribution is -2.62. The molecule has 0 aromatic carbocycles. The molecule has 1 aliphatic rings. The molecule has 1 rings (SSSR count). The van der Waals surface area contributed by atoms with E-state index in [0.717, 1.165) is 0 Å². The summed E-state index contributed by atoms with van der Waals surface area (Å²) in [5.41, 5.74) is -1.82. The normalized spacial score (nSPS) is 27.2. The van der Waals surface area contributed by atoms with Crippen LogP contribution in [0.4, 0.5) is 13.2 Å². The lowest BCUT2D eigenvalue weighted by atomic mass is 9.81. The summed E-state index contributed by atoms with van der Waals surface area (Å²) in [6.45, 7) is 4.84. The maximum Gasteiger partial charge on any atom is 0.410 e. The summed E-state index contributed by atoms with van der Waals surface area (Å²) in [7, 11) is 0.